The third-order valence-electron chi connectivity index (χ3n) is 4.17. The van der Waals surface area contributed by atoms with E-state index in [0.29, 0.717) is 6.42 Å². The Kier molecular flexibility index (Phi) is 4.80. The van der Waals surface area contributed by atoms with Crippen molar-refractivity contribution in [2.45, 2.75) is 26.3 Å². The maximum atomic E-state index is 12.4. The van der Waals surface area contributed by atoms with E-state index in [9.17, 15) is 13.2 Å². The number of aryl methyl sites for hydroxylation is 2. The molecule has 1 saturated heterocycles. The van der Waals surface area contributed by atoms with Gasteiger partial charge in [-0.3, -0.25) is 4.79 Å². The number of anilines is 1. The first-order chi connectivity index (χ1) is 10.2. The van der Waals surface area contributed by atoms with Crippen LogP contribution in [0.15, 0.2) is 18.2 Å². The second-order valence-corrected chi connectivity index (χ2v) is 8.49. The first kappa shape index (κ1) is 16.8. The summed E-state index contributed by atoms with van der Waals surface area (Å²) in [5, 5.41) is 0. The highest BCUT2D eigenvalue weighted by Crippen LogP contribution is 2.19. The summed E-state index contributed by atoms with van der Waals surface area (Å²) in [6.07, 6.45) is 0.540. The largest absolute Gasteiger partial charge is 0.365 e. The quantitative estimate of drug-likeness (QED) is 0.840. The van der Waals surface area contributed by atoms with Crippen molar-refractivity contribution in [1.29, 1.82) is 0 Å². The van der Waals surface area contributed by atoms with Gasteiger partial charge in [-0.1, -0.05) is 6.07 Å². The van der Waals surface area contributed by atoms with Crippen molar-refractivity contribution in [2.24, 2.45) is 0 Å². The monoisotopic (exact) mass is 324 g/mol. The third-order valence-corrected chi connectivity index (χ3v) is 5.92. The molecule has 6 heteroatoms. The number of benzene rings is 1. The molecular weight excluding hydrogens is 300 g/mol. The van der Waals surface area contributed by atoms with Crippen molar-refractivity contribution in [2.75, 3.05) is 37.0 Å². The smallest absolute Gasteiger partial charge is 0.242 e. The summed E-state index contributed by atoms with van der Waals surface area (Å²) in [6, 6.07) is 5.99. The van der Waals surface area contributed by atoms with Crippen LogP contribution in [0.25, 0.3) is 0 Å². The van der Waals surface area contributed by atoms with Crippen LogP contribution in [-0.2, 0) is 14.6 Å². The normalized spacial score (nSPS) is 19.9. The lowest BCUT2D eigenvalue weighted by Gasteiger charge is -2.27. The van der Waals surface area contributed by atoms with E-state index in [1.807, 2.05) is 37.9 Å². The molecule has 1 fully saturated rings. The first-order valence-corrected chi connectivity index (χ1v) is 9.25. The number of hydrogen-bond acceptors (Lipinski definition) is 4. The zero-order valence-electron chi connectivity index (χ0n) is 13.7. The van der Waals surface area contributed by atoms with Crippen LogP contribution in [0.4, 0.5) is 5.69 Å². The minimum atomic E-state index is -2.97. The van der Waals surface area contributed by atoms with Crippen molar-refractivity contribution in [3.63, 3.8) is 0 Å². The minimum Gasteiger partial charge on any atom is -0.365 e. The van der Waals surface area contributed by atoms with Gasteiger partial charge < -0.3 is 9.80 Å². The highest BCUT2D eigenvalue weighted by atomic mass is 32.2. The predicted octanol–water partition coefficient (Wildman–Crippen LogP) is 1.39. The molecule has 0 saturated carbocycles. The molecule has 1 aliphatic rings. The highest BCUT2D eigenvalue weighted by Gasteiger charge is 2.32. The van der Waals surface area contributed by atoms with Crippen LogP contribution in [-0.4, -0.2) is 57.4 Å². The lowest BCUT2D eigenvalue weighted by molar-refractivity contribution is -0.130. The number of sulfone groups is 1. The topological polar surface area (TPSA) is 57.7 Å². The summed E-state index contributed by atoms with van der Waals surface area (Å²) in [7, 11) is 0.605. The Morgan fingerprint density at radius 3 is 2.27 bits per heavy atom. The molecular formula is C16H24N2O3S. The van der Waals surface area contributed by atoms with E-state index >= 15 is 0 Å². The fourth-order valence-electron chi connectivity index (χ4n) is 2.86. The van der Waals surface area contributed by atoms with Gasteiger partial charge in [-0.15, -0.1) is 0 Å². The Labute approximate surface area is 132 Å². The molecule has 5 nitrogen and oxygen atoms in total. The van der Waals surface area contributed by atoms with E-state index < -0.39 is 9.84 Å². The molecule has 0 aliphatic carbocycles. The molecule has 1 aliphatic heterocycles. The molecule has 0 spiro atoms. The van der Waals surface area contributed by atoms with Crippen LogP contribution >= 0.6 is 0 Å². The summed E-state index contributed by atoms with van der Waals surface area (Å²) in [6.45, 7) is 4.30. The number of amides is 1. The summed E-state index contributed by atoms with van der Waals surface area (Å²) in [4.78, 5) is 15.9. The van der Waals surface area contributed by atoms with Crippen LogP contribution < -0.4 is 4.90 Å². The number of likely N-dealkylation sites (N-methyl/N-ethyl adjacent to an activating group) is 2. The van der Waals surface area contributed by atoms with Crippen LogP contribution in [0, 0.1) is 13.8 Å². The molecule has 1 amide bonds. The van der Waals surface area contributed by atoms with Gasteiger partial charge >= 0.3 is 0 Å². The van der Waals surface area contributed by atoms with Gasteiger partial charge in [0.05, 0.1) is 18.1 Å². The van der Waals surface area contributed by atoms with Gasteiger partial charge in [-0.2, -0.15) is 0 Å². The highest BCUT2D eigenvalue weighted by molar-refractivity contribution is 7.91. The number of hydrogen-bond donors (Lipinski definition) is 0. The van der Waals surface area contributed by atoms with E-state index in [4.69, 9.17) is 0 Å². The molecule has 0 unspecified atom stereocenters. The van der Waals surface area contributed by atoms with Gasteiger partial charge in [0.25, 0.3) is 0 Å². The van der Waals surface area contributed by atoms with Gasteiger partial charge in [0.1, 0.15) is 0 Å². The molecule has 22 heavy (non-hydrogen) atoms. The van der Waals surface area contributed by atoms with Gasteiger partial charge in [0, 0.05) is 25.8 Å². The molecule has 0 N–H and O–H groups in total. The number of carbonyl (C=O) groups is 1. The van der Waals surface area contributed by atoms with E-state index in [1.54, 1.807) is 11.9 Å². The van der Waals surface area contributed by atoms with Crippen molar-refractivity contribution in [1.82, 2.24) is 4.90 Å². The minimum absolute atomic E-state index is 0.0521. The Balaban J connectivity index is 2.02. The van der Waals surface area contributed by atoms with Crippen LogP contribution in [0.2, 0.25) is 0 Å². The maximum absolute atomic E-state index is 12.4. The predicted molar refractivity (Wildman–Crippen MR) is 89.0 cm³/mol. The van der Waals surface area contributed by atoms with Crippen molar-refractivity contribution in [3.05, 3.63) is 29.3 Å². The van der Waals surface area contributed by atoms with Gasteiger partial charge in [-0.05, 0) is 43.5 Å². The van der Waals surface area contributed by atoms with Crippen LogP contribution in [0.3, 0.4) is 0 Å². The number of rotatable bonds is 4. The standard InChI is InChI=1S/C16H24N2O3S/c1-12-7-13(2)9-15(8-12)17(3)10-16(19)18(4)14-5-6-22(20,21)11-14/h7-9,14H,5-6,10-11H2,1-4H3/t14-/m1/s1. The van der Waals surface area contributed by atoms with Crippen LogP contribution in [0.5, 0.6) is 0 Å². The van der Waals surface area contributed by atoms with Crippen molar-refractivity contribution < 1.29 is 13.2 Å². The number of carbonyl (C=O) groups excluding carboxylic acids is 1. The van der Waals surface area contributed by atoms with E-state index in [1.165, 1.54) is 0 Å². The summed E-state index contributed by atoms with van der Waals surface area (Å²) < 4.78 is 23.1. The summed E-state index contributed by atoms with van der Waals surface area (Å²) >= 11 is 0. The Morgan fingerprint density at radius 2 is 1.77 bits per heavy atom. The van der Waals surface area contributed by atoms with E-state index in [-0.39, 0.29) is 30.0 Å². The molecule has 1 heterocycles. The first-order valence-electron chi connectivity index (χ1n) is 7.43. The maximum Gasteiger partial charge on any atom is 0.242 e. The third kappa shape index (κ3) is 4.00. The Bertz CT molecular complexity index is 650. The average molecular weight is 324 g/mol. The average Bonchev–Trinajstić information content (AvgIpc) is 2.77. The molecule has 1 atom stereocenters. The molecule has 0 radical (unpaired) electrons. The molecule has 122 valence electrons. The summed E-state index contributed by atoms with van der Waals surface area (Å²) in [5.41, 5.74) is 3.31. The van der Waals surface area contributed by atoms with E-state index in [0.717, 1.165) is 16.8 Å². The molecule has 2 rings (SSSR count). The number of nitrogens with zero attached hydrogens (tertiary/aromatic N) is 2. The summed E-state index contributed by atoms with van der Waals surface area (Å²) in [5.74, 6) is 0.216. The molecule has 0 aromatic heterocycles. The lowest BCUT2D eigenvalue weighted by Crippen LogP contribution is -2.43. The Hall–Kier alpha value is -1.56. The van der Waals surface area contributed by atoms with Crippen molar-refractivity contribution >= 4 is 21.4 Å². The zero-order chi connectivity index (χ0) is 16.5. The SMILES string of the molecule is Cc1cc(C)cc(N(C)CC(=O)N(C)[C@@H]2CCS(=O)(=O)C2)c1. The van der Waals surface area contributed by atoms with Crippen molar-refractivity contribution in [3.8, 4) is 0 Å². The second kappa shape index (κ2) is 6.28. The van der Waals surface area contributed by atoms with Gasteiger partial charge in [-0.25, -0.2) is 8.42 Å². The molecule has 1 aromatic rings. The molecule has 0 bridgehead atoms. The second-order valence-electron chi connectivity index (χ2n) is 6.26. The van der Waals surface area contributed by atoms with E-state index in [2.05, 4.69) is 6.07 Å². The Morgan fingerprint density at radius 1 is 1.18 bits per heavy atom. The fourth-order valence-corrected chi connectivity index (χ4v) is 4.64. The molecule has 1 aromatic carbocycles. The zero-order valence-corrected chi connectivity index (χ0v) is 14.5. The van der Waals surface area contributed by atoms with Gasteiger partial charge in [0.15, 0.2) is 9.84 Å². The lowest BCUT2D eigenvalue weighted by atomic mass is 10.1. The van der Waals surface area contributed by atoms with Crippen LogP contribution in [0.1, 0.15) is 17.5 Å². The fraction of sp³-hybridized carbons (Fsp3) is 0.562. The van der Waals surface area contributed by atoms with Gasteiger partial charge in [0.2, 0.25) is 5.91 Å².